The Morgan fingerprint density at radius 1 is 1.29 bits per heavy atom. The molecule has 0 unspecified atom stereocenters. The summed E-state index contributed by atoms with van der Waals surface area (Å²) in [4.78, 5) is 4.21. The first kappa shape index (κ1) is 9.31. The van der Waals surface area contributed by atoms with Gasteiger partial charge in [0, 0.05) is 11.6 Å². The number of rotatable bonds is 3. The second kappa shape index (κ2) is 3.15. The van der Waals surface area contributed by atoms with E-state index in [0.717, 1.165) is 11.3 Å². The van der Waals surface area contributed by atoms with Gasteiger partial charge in [0.25, 0.3) is 0 Å². The minimum absolute atomic E-state index is 0.213. The second-order valence-corrected chi connectivity index (χ2v) is 3.96. The summed E-state index contributed by atoms with van der Waals surface area (Å²) in [6.45, 7) is 2.22. The predicted molar refractivity (Wildman–Crippen MR) is 53.9 cm³/mol. The molecule has 1 heterocycles. The van der Waals surface area contributed by atoms with Crippen molar-refractivity contribution in [3.8, 4) is 11.6 Å². The van der Waals surface area contributed by atoms with Crippen molar-refractivity contribution in [3.63, 3.8) is 0 Å². The van der Waals surface area contributed by atoms with Gasteiger partial charge in [0.15, 0.2) is 0 Å². The number of pyridine rings is 1. The molecule has 1 saturated carbocycles. The van der Waals surface area contributed by atoms with Gasteiger partial charge < -0.3 is 9.47 Å². The Balaban J connectivity index is 2.52. The number of ether oxygens (including phenoxy) is 2. The van der Waals surface area contributed by atoms with Crippen LogP contribution in [0.4, 0.5) is 0 Å². The standard InChI is InChI=1S/C11H15NO2/c1-11(5-6-11)9-8(13-2)4-7-12-10(9)14-3/h4,7H,5-6H2,1-3H3. The van der Waals surface area contributed by atoms with E-state index in [-0.39, 0.29) is 5.41 Å². The molecule has 1 aromatic heterocycles. The average molecular weight is 193 g/mol. The van der Waals surface area contributed by atoms with Gasteiger partial charge in [-0.1, -0.05) is 6.92 Å². The largest absolute Gasteiger partial charge is 0.496 e. The van der Waals surface area contributed by atoms with Gasteiger partial charge in [0.1, 0.15) is 5.75 Å². The van der Waals surface area contributed by atoms with Gasteiger partial charge >= 0.3 is 0 Å². The van der Waals surface area contributed by atoms with Gasteiger partial charge in [-0.3, -0.25) is 0 Å². The lowest BCUT2D eigenvalue weighted by Crippen LogP contribution is -2.07. The summed E-state index contributed by atoms with van der Waals surface area (Å²) in [7, 11) is 3.33. The molecule has 1 aliphatic rings. The molecule has 3 heteroatoms. The van der Waals surface area contributed by atoms with Crippen molar-refractivity contribution in [3.05, 3.63) is 17.8 Å². The first-order valence-corrected chi connectivity index (χ1v) is 4.79. The van der Waals surface area contributed by atoms with Crippen molar-refractivity contribution in [2.24, 2.45) is 0 Å². The highest BCUT2D eigenvalue weighted by Crippen LogP contribution is 2.53. The monoisotopic (exact) mass is 193 g/mol. The third kappa shape index (κ3) is 1.33. The van der Waals surface area contributed by atoms with E-state index in [2.05, 4.69) is 11.9 Å². The summed E-state index contributed by atoms with van der Waals surface area (Å²) in [5.74, 6) is 1.58. The van der Waals surface area contributed by atoms with Crippen LogP contribution in [0.1, 0.15) is 25.3 Å². The van der Waals surface area contributed by atoms with Crippen molar-refractivity contribution < 1.29 is 9.47 Å². The number of nitrogens with zero attached hydrogens (tertiary/aromatic N) is 1. The van der Waals surface area contributed by atoms with Crippen LogP contribution in [0.25, 0.3) is 0 Å². The highest BCUT2D eigenvalue weighted by atomic mass is 16.5. The van der Waals surface area contributed by atoms with E-state index in [1.54, 1.807) is 20.4 Å². The number of aromatic nitrogens is 1. The minimum atomic E-state index is 0.213. The van der Waals surface area contributed by atoms with E-state index in [9.17, 15) is 0 Å². The molecule has 0 atom stereocenters. The van der Waals surface area contributed by atoms with Crippen LogP contribution in [0, 0.1) is 0 Å². The summed E-state index contributed by atoms with van der Waals surface area (Å²) in [6, 6.07) is 1.89. The average Bonchev–Trinajstić information content (AvgIpc) is 2.96. The molecule has 0 aliphatic heterocycles. The quantitative estimate of drug-likeness (QED) is 0.737. The zero-order valence-corrected chi connectivity index (χ0v) is 8.83. The van der Waals surface area contributed by atoms with E-state index >= 15 is 0 Å². The fourth-order valence-corrected chi connectivity index (χ4v) is 1.74. The van der Waals surface area contributed by atoms with Crippen LogP contribution in [0.2, 0.25) is 0 Å². The smallest absolute Gasteiger partial charge is 0.220 e. The maximum Gasteiger partial charge on any atom is 0.220 e. The van der Waals surface area contributed by atoms with E-state index in [1.165, 1.54) is 12.8 Å². The summed E-state index contributed by atoms with van der Waals surface area (Å²) in [6.07, 6.45) is 4.09. The first-order chi connectivity index (χ1) is 6.71. The fourth-order valence-electron chi connectivity index (χ4n) is 1.74. The van der Waals surface area contributed by atoms with Crippen molar-refractivity contribution >= 4 is 0 Å². The molecule has 3 nitrogen and oxygen atoms in total. The normalized spacial score (nSPS) is 17.6. The van der Waals surface area contributed by atoms with Crippen LogP contribution in [0.5, 0.6) is 11.6 Å². The van der Waals surface area contributed by atoms with Gasteiger partial charge in [0.2, 0.25) is 5.88 Å². The van der Waals surface area contributed by atoms with E-state index in [1.807, 2.05) is 6.07 Å². The SMILES string of the molecule is COc1ccnc(OC)c1C1(C)CC1. The van der Waals surface area contributed by atoms with Crippen LogP contribution < -0.4 is 9.47 Å². The Kier molecular flexibility index (Phi) is 2.10. The molecule has 0 bridgehead atoms. The lowest BCUT2D eigenvalue weighted by atomic mass is 9.99. The lowest BCUT2D eigenvalue weighted by molar-refractivity contribution is 0.366. The highest BCUT2D eigenvalue weighted by Gasteiger charge is 2.44. The van der Waals surface area contributed by atoms with Crippen molar-refractivity contribution in [1.29, 1.82) is 0 Å². The molecule has 0 radical (unpaired) electrons. The van der Waals surface area contributed by atoms with Gasteiger partial charge in [-0.25, -0.2) is 4.98 Å². The summed E-state index contributed by atoms with van der Waals surface area (Å²) >= 11 is 0. The molecule has 2 rings (SSSR count). The molecule has 1 fully saturated rings. The first-order valence-electron chi connectivity index (χ1n) is 4.79. The molecule has 1 aromatic rings. The Morgan fingerprint density at radius 3 is 2.50 bits per heavy atom. The molecule has 0 aromatic carbocycles. The highest BCUT2D eigenvalue weighted by molar-refractivity contribution is 5.48. The lowest BCUT2D eigenvalue weighted by Gasteiger charge is -2.16. The molecular formula is C11H15NO2. The maximum atomic E-state index is 5.33. The molecule has 14 heavy (non-hydrogen) atoms. The van der Waals surface area contributed by atoms with Crippen molar-refractivity contribution in [2.75, 3.05) is 14.2 Å². The van der Waals surface area contributed by atoms with E-state index < -0.39 is 0 Å². The van der Waals surface area contributed by atoms with Crippen molar-refractivity contribution in [1.82, 2.24) is 4.98 Å². The molecule has 0 amide bonds. The predicted octanol–water partition coefficient (Wildman–Crippen LogP) is 2.15. The number of hydrogen-bond donors (Lipinski definition) is 0. The summed E-state index contributed by atoms with van der Waals surface area (Å²) in [5, 5.41) is 0. The molecule has 0 N–H and O–H groups in total. The van der Waals surface area contributed by atoms with Crippen LogP contribution in [-0.4, -0.2) is 19.2 Å². The minimum Gasteiger partial charge on any atom is -0.496 e. The van der Waals surface area contributed by atoms with Gasteiger partial charge in [-0.05, 0) is 18.9 Å². The third-order valence-electron chi connectivity index (χ3n) is 2.89. The van der Waals surface area contributed by atoms with E-state index in [0.29, 0.717) is 5.88 Å². The molecule has 0 saturated heterocycles. The second-order valence-electron chi connectivity index (χ2n) is 3.96. The third-order valence-corrected chi connectivity index (χ3v) is 2.89. The molecular weight excluding hydrogens is 178 g/mol. The number of hydrogen-bond acceptors (Lipinski definition) is 3. The fraction of sp³-hybridized carbons (Fsp3) is 0.545. The number of methoxy groups -OCH3 is 2. The maximum absolute atomic E-state index is 5.33. The molecule has 76 valence electrons. The Bertz CT molecular complexity index is 323. The Labute approximate surface area is 84.1 Å². The summed E-state index contributed by atoms with van der Waals surface area (Å²) in [5.41, 5.74) is 1.33. The molecule has 0 spiro atoms. The van der Waals surface area contributed by atoms with E-state index in [4.69, 9.17) is 9.47 Å². The van der Waals surface area contributed by atoms with Crippen LogP contribution in [0.15, 0.2) is 12.3 Å². The summed E-state index contributed by atoms with van der Waals surface area (Å²) < 4.78 is 10.6. The zero-order chi connectivity index (χ0) is 10.2. The van der Waals surface area contributed by atoms with Crippen LogP contribution in [-0.2, 0) is 5.41 Å². The van der Waals surface area contributed by atoms with Gasteiger partial charge in [-0.15, -0.1) is 0 Å². The topological polar surface area (TPSA) is 31.4 Å². The molecule has 1 aliphatic carbocycles. The van der Waals surface area contributed by atoms with Gasteiger partial charge in [-0.2, -0.15) is 0 Å². The van der Waals surface area contributed by atoms with Crippen molar-refractivity contribution in [2.45, 2.75) is 25.2 Å². The van der Waals surface area contributed by atoms with Gasteiger partial charge in [0.05, 0.1) is 19.8 Å². The van der Waals surface area contributed by atoms with Crippen LogP contribution in [0.3, 0.4) is 0 Å². The Morgan fingerprint density at radius 2 is 2.00 bits per heavy atom. The van der Waals surface area contributed by atoms with Crippen LogP contribution >= 0.6 is 0 Å². The zero-order valence-electron chi connectivity index (χ0n) is 8.83. The Hall–Kier alpha value is -1.25.